The van der Waals surface area contributed by atoms with Crippen LogP contribution in [-0.2, 0) is 4.74 Å². The molecule has 3 N–H and O–H groups in total. The van der Waals surface area contributed by atoms with Crippen LogP contribution < -0.4 is 10.1 Å². The molecule has 0 spiro atoms. The Labute approximate surface area is 238 Å². The Balaban J connectivity index is 1.37. The van der Waals surface area contributed by atoms with Gasteiger partial charge in [-0.2, -0.15) is 5.10 Å². The first-order valence-electron chi connectivity index (χ1n) is 13.8. The Morgan fingerprint density at radius 2 is 1.90 bits per heavy atom. The number of imidazole rings is 1. The van der Waals surface area contributed by atoms with Crippen LogP contribution in [0.25, 0.3) is 50.4 Å². The number of ether oxygens (including phenoxy) is 2. The van der Waals surface area contributed by atoms with Crippen LogP contribution in [0.1, 0.15) is 31.9 Å². The van der Waals surface area contributed by atoms with Crippen molar-refractivity contribution in [3.8, 4) is 28.5 Å². The van der Waals surface area contributed by atoms with E-state index in [2.05, 4.69) is 44.2 Å². The minimum atomic E-state index is 0.230. The number of allylic oxidation sites excluding steroid dienone is 5. The van der Waals surface area contributed by atoms with Crippen molar-refractivity contribution in [2.45, 2.75) is 32.3 Å². The number of aromatic amines is 2. The summed E-state index contributed by atoms with van der Waals surface area (Å²) in [5.41, 5.74) is 7.29. The molecule has 6 rings (SSSR count). The number of rotatable bonds is 9. The molecule has 1 fully saturated rings. The molecule has 1 aliphatic rings. The highest BCUT2D eigenvalue weighted by Crippen LogP contribution is 2.31. The zero-order chi connectivity index (χ0) is 28.2. The maximum atomic E-state index is 6.26. The molecule has 0 radical (unpaired) electrons. The average Bonchev–Trinajstić information content (AvgIpc) is 3.63. The average molecular weight is 548 g/mol. The van der Waals surface area contributed by atoms with Crippen LogP contribution in [0.15, 0.2) is 79.2 Å². The molecule has 0 bridgehead atoms. The minimum absolute atomic E-state index is 0.230. The van der Waals surface area contributed by atoms with Gasteiger partial charge in [-0.05, 0) is 81.3 Å². The number of H-pyrrole nitrogens is 2. The van der Waals surface area contributed by atoms with Crippen LogP contribution in [0.4, 0.5) is 0 Å². The third kappa shape index (κ3) is 5.62. The summed E-state index contributed by atoms with van der Waals surface area (Å²) in [5, 5.41) is 11.1. The van der Waals surface area contributed by atoms with Crippen LogP contribution in [0.3, 0.4) is 0 Å². The van der Waals surface area contributed by atoms with Gasteiger partial charge in [-0.3, -0.25) is 10.1 Å². The van der Waals surface area contributed by atoms with Crippen molar-refractivity contribution >= 4 is 27.6 Å². The molecular formula is C32H33N7O2. The number of hydrogen-bond donors (Lipinski definition) is 3. The largest absolute Gasteiger partial charge is 0.497 e. The number of aromatic nitrogens is 6. The molecule has 9 nitrogen and oxygen atoms in total. The molecule has 5 heterocycles. The summed E-state index contributed by atoms with van der Waals surface area (Å²) in [6.45, 7) is 7.87. The number of benzene rings is 1. The number of pyridine rings is 2. The van der Waals surface area contributed by atoms with Gasteiger partial charge in [-0.15, -0.1) is 6.58 Å². The monoisotopic (exact) mass is 547 g/mol. The van der Waals surface area contributed by atoms with Crippen molar-refractivity contribution in [1.82, 2.24) is 35.5 Å². The van der Waals surface area contributed by atoms with E-state index in [-0.39, 0.29) is 6.10 Å². The SMILES string of the molecule is C=CC/C=C(\C=C(/C)OC1CCNCC1)c1ccc2[nH]nc(-c3nc4c(-c5cccc(OC)c5)nccc4[nH]3)c2n1. The summed E-state index contributed by atoms with van der Waals surface area (Å²) in [7, 11) is 1.65. The van der Waals surface area contributed by atoms with Crippen molar-refractivity contribution in [3.05, 3.63) is 84.9 Å². The molecule has 0 amide bonds. The van der Waals surface area contributed by atoms with E-state index in [0.717, 1.165) is 82.0 Å². The van der Waals surface area contributed by atoms with Crippen molar-refractivity contribution in [1.29, 1.82) is 0 Å². The zero-order valence-electron chi connectivity index (χ0n) is 23.3. The molecule has 1 saturated heterocycles. The number of nitrogens with zero attached hydrogens (tertiary/aromatic N) is 4. The lowest BCUT2D eigenvalue weighted by molar-refractivity contribution is 0.0896. The minimum Gasteiger partial charge on any atom is -0.497 e. The fourth-order valence-electron chi connectivity index (χ4n) is 5.13. The lowest BCUT2D eigenvalue weighted by Crippen LogP contribution is -2.32. The fraction of sp³-hybridized carbons (Fsp3) is 0.250. The number of hydrogen-bond acceptors (Lipinski definition) is 7. The predicted octanol–water partition coefficient (Wildman–Crippen LogP) is 6.20. The zero-order valence-corrected chi connectivity index (χ0v) is 23.3. The summed E-state index contributed by atoms with van der Waals surface area (Å²) in [6.07, 6.45) is 10.8. The molecule has 1 aromatic carbocycles. The molecule has 4 aromatic heterocycles. The normalized spacial score (nSPS) is 15.0. The van der Waals surface area contributed by atoms with E-state index in [1.54, 1.807) is 13.3 Å². The standard InChI is InChI=1S/C32H33N7O2/c1-4-5-7-21(18-20(2)41-23-12-15-33-16-13-23)25-10-11-27-30(35-25)31(39-38-27)32-36-26-14-17-34-28(29(26)37-32)22-8-6-9-24(19-22)40-3/h4,6-11,14,17-19,23,33H,1,5,12-13,15-16H2,2-3H3,(H,36,37)(H,38,39)/b20-18+,21-7+. The van der Waals surface area contributed by atoms with E-state index >= 15 is 0 Å². The van der Waals surface area contributed by atoms with Gasteiger partial charge in [0.05, 0.1) is 35.3 Å². The first-order chi connectivity index (χ1) is 20.1. The summed E-state index contributed by atoms with van der Waals surface area (Å²) in [6, 6.07) is 13.7. The molecule has 0 atom stereocenters. The number of piperidine rings is 1. The molecule has 1 aliphatic heterocycles. The van der Waals surface area contributed by atoms with E-state index in [9.17, 15) is 0 Å². The second-order valence-electron chi connectivity index (χ2n) is 10.0. The topological polar surface area (TPSA) is 114 Å². The molecule has 0 unspecified atom stereocenters. The van der Waals surface area contributed by atoms with Crippen molar-refractivity contribution in [2.24, 2.45) is 0 Å². The summed E-state index contributed by atoms with van der Waals surface area (Å²) >= 11 is 0. The maximum Gasteiger partial charge on any atom is 0.161 e. The first-order valence-corrected chi connectivity index (χ1v) is 13.8. The van der Waals surface area contributed by atoms with Crippen LogP contribution in [0.5, 0.6) is 5.75 Å². The van der Waals surface area contributed by atoms with Gasteiger partial charge < -0.3 is 19.8 Å². The number of methoxy groups -OCH3 is 1. The van der Waals surface area contributed by atoms with E-state index in [1.165, 1.54) is 0 Å². The fourth-order valence-corrected chi connectivity index (χ4v) is 5.13. The molecule has 9 heteroatoms. The summed E-state index contributed by atoms with van der Waals surface area (Å²) < 4.78 is 11.7. The van der Waals surface area contributed by atoms with E-state index in [0.29, 0.717) is 17.9 Å². The van der Waals surface area contributed by atoms with Gasteiger partial charge in [-0.25, -0.2) is 9.97 Å². The first kappa shape index (κ1) is 26.5. The van der Waals surface area contributed by atoms with E-state index in [4.69, 9.17) is 19.4 Å². The van der Waals surface area contributed by atoms with Gasteiger partial charge in [0, 0.05) is 11.8 Å². The smallest absolute Gasteiger partial charge is 0.161 e. The maximum absolute atomic E-state index is 6.26. The van der Waals surface area contributed by atoms with Crippen LogP contribution in [0, 0.1) is 0 Å². The Morgan fingerprint density at radius 1 is 1.05 bits per heavy atom. The third-order valence-electron chi connectivity index (χ3n) is 7.17. The van der Waals surface area contributed by atoms with Gasteiger partial charge in [-0.1, -0.05) is 24.3 Å². The molecule has 5 aromatic rings. The second kappa shape index (κ2) is 11.8. The lowest BCUT2D eigenvalue weighted by atomic mass is 10.1. The van der Waals surface area contributed by atoms with Crippen LogP contribution in [-0.4, -0.2) is 56.4 Å². The molecule has 208 valence electrons. The number of fused-ring (bicyclic) bond motifs is 2. The van der Waals surface area contributed by atoms with Gasteiger partial charge in [0.15, 0.2) is 11.5 Å². The highest BCUT2D eigenvalue weighted by atomic mass is 16.5. The van der Waals surface area contributed by atoms with Gasteiger partial charge in [0.2, 0.25) is 0 Å². The van der Waals surface area contributed by atoms with Gasteiger partial charge >= 0.3 is 0 Å². The Morgan fingerprint density at radius 3 is 2.73 bits per heavy atom. The van der Waals surface area contributed by atoms with E-state index < -0.39 is 0 Å². The molecule has 41 heavy (non-hydrogen) atoms. The highest BCUT2D eigenvalue weighted by Gasteiger charge is 2.18. The van der Waals surface area contributed by atoms with Gasteiger partial charge in [0.1, 0.15) is 22.9 Å². The third-order valence-corrected chi connectivity index (χ3v) is 7.17. The van der Waals surface area contributed by atoms with Gasteiger partial charge in [0.25, 0.3) is 0 Å². The molecule has 0 aliphatic carbocycles. The summed E-state index contributed by atoms with van der Waals surface area (Å²) in [5.74, 6) is 2.25. The number of nitrogens with one attached hydrogen (secondary N) is 3. The van der Waals surface area contributed by atoms with Crippen molar-refractivity contribution in [3.63, 3.8) is 0 Å². The quantitative estimate of drug-likeness (QED) is 0.114. The van der Waals surface area contributed by atoms with Crippen molar-refractivity contribution in [2.75, 3.05) is 20.2 Å². The van der Waals surface area contributed by atoms with Crippen LogP contribution >= 0.6 is 0 Å². The summed E-state index contributed by atoms with van der Waals surface area (Å²) in [4.78, 5) is 18.0. The Bertz CT molecular complexity index is 1760. The Hall–Kier alpha value is -4.76. The van der Waals surface area contributed by atoms with E-state index in [1.807, 2.05) is 55.5 Å². The molecule has 0 saturated carbocycles. The Kier molecular flexibility index (Phi) is 7.60. The van der Waals surface area contributed by atoms with Crippen molar-refractivity contribution < 1.29 is 9.47 Å². The molecular weight excluding hydrogens is 514 g/mol. The van der Waals surface area contributed by atoms with Crippen LogP contribution in [0.2, 0.25) is 0 Å². The highest BCUT2D eigenvalue weighted by molar-refractivity contribution is 5.95. The predicted molar refractivity (Wildman–Crippen MR) is 162 cm³/mol. The second-order valence-corrected chi connectivity index (χ2v) is 10.0. The lowest BCUT2D eigenvalue weighted by Gasteiger charge is -2.24.